The predicted octanol–water partition coefficient (Wildman–Crippen LogP) is 4.05. The molecule has 0 radical (unpaired) electrons. The van der Waals surface area contributed by atoms with Crippen molar-refractivity contribution in [1.82, 2.24) is 13.6 Å². The number of aliphatic hydroxyl groups excluding tert-OH is 1. The minimum Gasteiger partial charge on any atom is -0.505 e. The number of rotatable bonds is 7. The number of aryl methyl sites for hydroxylation is 1. The van der Waals surface area contributed by atoms with Crippen molar-refractivity contribution < 1.29 is 19.4 Å². The van der Waals surface area contributed by atoms with Crippen LogP contribution in [0.5, 0.6) is 5.75 Å². The molecule has 9 nitrogen and oxygen atoms in total. The highest BCUT2D eigenvalue weighted by molar-refractivity contribution is 6.99. The molecule has 0 aliphatic carbocycles. The van der Waals surface area contributed by atoms with Crippen molar-refractivity contribution in [2.75, 3.05) is 23.7 Å². The molecule has 170 valence electrons. The first-order valence-corrected chi connectivity index (χ1v) is 11.4. The molecule has 2 atom stereocenters. The summed E-state index contributed by atoms with van der Waals surface area (Å²) in [4.78, 5) is 14.5. The van der Waals surface area contributed by atoms with E-state index in [-0.39, 0.29) is 29.8 Å². The second-order valence-corrected chi connectivity index (χ2v) is 8.50. The molecule has 3 aromatic rings. The smallest absolute Gasteiger partial charge is 0.257 e. The molecule has 1 aliphatic heterocycles. The van der Waals surface area contributed by atoms with Crippen LogP contribution in [0.1, 0.15) is 53.9 Å². The standard InChI is InChI=1S/C22H27N5O4S/c1-3-16(18-10-13(2)12-31-18)23-20-21(26-32-25-20)24-17-8-4-7-15(19(17)29)22(30)27-9-5-6-14(28)11-27/h4,7-8,10,12,14,16,28-29H,3,5-6,9,11H2,1-2H3,(H,23,25)(H,24,26)/t14?,16-/m1/s1. The lowest BCUT2D eigenvalue weighted by molar-refractivity contribution is 0.0471. The second-order valence-electron chi connectivity index (χ2n) is 7.97. The number of nitrogens with zero attached hydrogens (tertiary/aromatic N) is 3. The van der Waals surface area contributed by atoms with Gasteiger partial charge in [-0.1, -0.05) is 13.0 Å². The molecule has 10 heteroatoms. The van der Waals surface area contributed by atoms with Crippen LogP contribution >= 0.6 is 11.7 Å². The van der Waals surface area contributed by atoms with Crippen LogP contribution in [0.25, 0.3) is 0 Å². The number of amides is 1. The van der Waals surface area contributed by atoms with Crippen LogP contribution in [0.15, 0.2) is 34.9 Å². The van der Waals surface area contributed by atoms with Gasteiger partial charge in [0, 0.05) is 13.1 Å². The third kappa shape index (κ3) is 4.71. The van der Waals surface area contributed by atoms with E-state index in [1.54, 1.807) is 29.4 Å². The van der Waals surface area contributed by atoms with Crippen LogP contribution in [0.4, 0.5) is 17.3 Å². The molecule has 1 unspecified atom stereocenters. The summed E-state index contributed by atoms with van der Waals surface area (Å²) in [5.74, 6) is 1.32. The van der Waals surface area contributed by atoms with Crippen LogP contribution in [0.3, 0.4) is 0 Å². The first-order valence-electron chi connectivity index (χ1n) is 10.7. The Morgan fingerprint density at radius 3 is 2.91 bits per heavy atom. The first kappa shape index (κ1) is 22.1. The topological polar surface area (TPSA) is 124 Å². The quantitative estimate of drug-likeness (QED) is 0.392. The summed E-state index contributed by atoms with van der Waals surface area (Å²) in [7, 11) is 0. The van der Waals surface area contributed by atoms with Gasteiger partial charge in [-0.2, -0.15) is 8.75 Å². The van der Waals surface area contributed by atoms with Gasteiger partial charge in [-0.3, -0.25) is 4.79 Å². The zero-order valence-corrected chi connectivity index (χ0v) is 18.9. The number of aromatic nitrogens is 2. The molecule has 4 rings (SSSR count). The fourth-order valence-corrected chi connectivity index (χ4v) is 4.27. The summed E-state index contributed by atoms with van der Waals surface area (Å²) < 4.78 is 14.3. The van der Waals surface area contributed by atoms with Crippen LogP contribution < -0.4 is 10.6 Å². The Bertz CT molecular complexity index is 1080. The van der Waals surface area contributed by atoms with Crippen molar-refractivity contribution in [3.63, 3.8) is 0 Å². The summed E-state index contributed by atoms with van der Waals surface area (Å²) in [5, 5.41) is 27.1. The van der Waals surface area contributed by atoms with Crippen LogP contribution in [-0.2, 0) is 0 Å². The Balaban J connectivity index is 1.52. The molecule has 1 saturated heterocycles. The summed E-state index contributed by atoms with van der Waals surface area (Å²) in [6.45, 7) is 4.84. The van der Waals surface area contributed by atoms with E-state index in [9.17, 15) is 15.0 Å². The maximum atomic E-state index is 12.9. The fourth-order valence-electron chi connectivity index (χ4n) is 3.79. The Kier molecular flexibility index (Phi) is 6.61. The number of β-amino-alcohol motifs (C(OH)–C–C–N with tert-alkyl or cyclic N) is 1. The van der Waals surface area contributed by atoms with Gasteiger partial charge in [-0.15, -0.1) is 0 Å². The van der Waals surface area contributed by atoms with E-state index in [0.717, 1.165) is 35.9 Å². The lowest BCUT2D eigenvalue weighted by Gasteiger charge is -2.30. The molecule has 1 fully saturated rings. The first-order chi connectivity index (χ1) is 15.5. The summed E-state index contributed by atoms with van der Waals surface area (Å²) in [5.41, 5.74) is 1.58. The monoisotopic (exact) mass is 457 g/mol. The lowest BCUT2D eigenvalue weighted by Crippen LogP contribution is -2.42. The number of furan rings is 1. The average molecular weight is 458 g/mol. The molecule has 2 aromatic heterocycles. The average Bonchev–Trinajstić information content (AvgIpc) is 3.41. The highest BCUT2D eigenvalue weighted by Gasteiger charge is 2.26. The van der Waals surface area contributed by atoms with Crippen molar-refractivity contribution in [2.45, 2.75) is 45.3 Å². The molecule has 1 aromatic carbocycles. The summed E-state index contributed by atoms with van der Waals surface area (Å²) in [6, 6.07) is 6.85. The van der Waals surface area contributed by atoms with Gasteiger partial charge in [-0.05, 0) is 49.9 Å². The lowest BCUT2D eigenvalue weighted by atomic mass is 10.1. The van der Waals surface area contributed by atoms with E-state index in [4.69, 9.17) is 4.42 Å². The highest BCUT2D eigenvalue weighted by Crippen LogP contribution is 2.34. The van der Waals surface area contributed by atoms with E-state index in [0.29, 0.717) is 30.3 Å². The van der Waals surface area contributed by atoms with Crippen LogP contribution in [-0.4, -0.2) is 49.0 Å². The third-order valence-corrected chi connectivity index (χ3v) is 6.03. The van der Waals surface area contributed by atoms with Crippen molar-refractivity contribution in [3.8, 4) is 5.75 Å². The summed E-state index contributed by atoms with van der Waals surface area (Å²) >= 11 is 1.04. The third-order valence-electron chi connectivity index (χ3n) is 5.51. The Morgan fingerprint density at radius 1 is 1.38 bits per heavy atom. The molecular formula is C22H27N5O4S. The largest absolute Gasteiger partial charge is 0.505 e. The molecule has 0 saturated carbocycles. The SMILES string of the molecule is CC[C@@H](Nc1nsnc1Nc1cccc(C(=O)N2CCCC(O)C2)c1O)c1cc(C)co1. The second kappa shape index (κ2) is 9.58. The minimum absolute atomic E-state index is 0.0832. The van der Waals surface area contributed by atoms with Crippen LogP contribution in [0.2, 0.25) is 0 Å². The van der Waals surface area contributed by atoms with E-state index in [1.807, 2.05) is 19.9 Å². The molecule has 3 heterocycles. The van der Waals surface area contributed by atoms with E-state index in [2.05, 4.69) is 19.4 Å². The van der Waals surface area contributed by atoms with Crippen molar-refractivity contribution in [1.29, 1.82) is 0 Å². The number of benzene rings is 1. The zero-order chi connectivity index (χ0) is 22.7. The predicted molar refractivity (Wildman–Crippen MR) is 123 cm³/mol. The maximum absolute atomic E-state index is 12.9. The summed E-state index contributed by atoms with van der Waals surface area (Å²) in [6.07, 6.45) is 3.37. The number of anilines is 3. The van der Waals surface area contributed by atoms with E-state index < -0.39 is 6.10 Å². The number of carbonyl (C=O) groups excluding carboxylic acids is 1. The number of phenolic OH excluding ortho intramolecular Hbond substituents is 1. The molecule has 0 spiro atoms. The molecule has 4 N–H and O–H groups in total. The molecule has 32 heavy (non-hydrogen) atoms. The Morgan fingerprint density at radius 2 is 2.19 bits per heavy atom. The Hall–Kier alpha value is -3.11. The van der Waals surface area contributed by atoms with E-state index in [1.165, 1.54) is 0 Å². The number of likely N-dealkylation sites (tertiary alicyclic amines) is 1. The number of nitrogens with one attached hydrogen (secondary N) is 2. The number of carbonyl (C=O) groups is 1. The molecule has 1 aliphatic rings. The number of para-hydroxylation sites is 1. The number of hydrogen-bond donors (Lipinski definition) is 4. The number of aromatic hydroxyl groups is 1. The van der Waals surface area contributed by atoms with Gasteiger partial charge in [-0.25, -0.2) is 0 Å². The normalized spacial score (nSPS) is 17.2. The van der Waals surface area contributed by atoms with Gasteiger partial charge >= 0.3 is 0 Å². The minimum atomic E-state index is -0.532. The van der Waals surface area contributed by atoms with Gasteiger partial charge in [0.1, 0.15) is 5.76 Å². The highest BCUT2D eigenvalue weighted by atomic mass is 32.1. The number of piperidine rings is 1. The van der Waals surface area contributed by atoms with Gasteiger partial charge in [0.05, 0.1) is 41.4 Å². The molecule has 0 bridgehead atoms. The van der Waals surface area contributed by atoms with E-state index >= 15 is 0 Å². The number of phenols is 1. The zero-order valence-electron chi connectivity index (χ0n) is 18.0. The van der Waals surface area contributed by atoms with Crippen molar-refractivity contribution in [2.24, 2.45) is 0 Å². The number of hydrogen-bond acceptors (Lipinski definition) is 9. The Labute approximate surface area is 190 Å². The van der Waals surface area contributed by atoms with Crippen LogP contribution in [0, 0.1) is 6.92 Å². The van der Waals surface area contributed by atoms with Gasteiger partial charge < -0.3 is 30.2 Å². The van der Waals surface area contributed by atoms with Gasteiger partial charge in [0.2, 0.25) is 0 Å². The van der Waals surface area contributed by atoms with Crippen molar-refractivity contribution in [3.05, 3.63) is 47.4 Å². The number of aliphatic hydroxyl groups is 1. The maximum Gasteiger partial charge on any atom is 0.257 e. The van der Waals surface area contributed by atoms with Gasteiger partial charge in [0.25, 0.3) is 5.91 Å². The van der Waals surface area contributed by atoms with Gasteiger partial charge in [0.15, 0.2) is 17.4 Å². The fraction of sp³-hybridized carbons (Fsp3) is 0.409. The van der Waals surface area contributed by atoms with Crippen molar-refractivity contribution >= 4 is 35.0 Å². The molecule has 1 amide bonds. The molecular weight excluding hydrogens is 430 g/mol.